The molecule has 0 unspecified atom stereocenters. The highest BCUT2D eigenvalue weighted by Crippen LogP contribution is 2.35. The smallest absolute Gasteiger partial charge is 0.265 e. The molecular formula is C24H29N3O6S. The third kappa shape index (κ3) is 5.34. The lowest BCUT2D eigenvalue weighted by Gasteiger charge is -2.29. The Morgan fingerprint density at radius 3 is 2.56 bits per heavy atom. The van der Waals surface area contributed by atoms with Gasteiger partial charge >= 0.3 is 0 Å². The van der Waals surface area contributed by atoms with E-state index in [0.717, 1.165) is 24.2 Å². The average molecular weight is 488 g/mol. The quantitative estimate of drug-likeness (QED) is 0.580. The molecule has 0 spiro atoms. The lowest BCUT2D eigenvalue weighted by atomic mass is 10.1. The maximum Gasteiger partial charge on any atom is 0.265 e. The van der Waals surface area contributed by atoms with E-state index in [4.69, 9.17) is 9.47 Å². The first-order valence-corrected chi connectivity index (χ1v) is 12.9. The predicted octanol–water partition coefficient (Wildman–Crippen LogP) is 1.95. The molecule has 1 saturated heterocycles. The number of benzene rings is 2. The number of nitrogens with one attached hydrogen (secondary N) is 1. The van der Waals surface area contributed by atoms with Crippen LogP contribution in [0.15, 0.2) is 47.4 Å². The van der Waals surface area contributed by atoms with Crippen LogP contribution in [0.4, 0.5) is 5.69 Å². The van der Waals surface area contributed by atoms with Crippen LogP contribution in [0.5, 0.6) is 11.5 Å². The highest BCUT2D eigenvalue weighted by molar-refractivity contribution is 7.89. The number of carbonyl (C=O) groups is 2. The number of sulfonamides is 1. The van der Waals surface area contributed by atoms with E-state index in [1.54, 1.807) is 6.07 Å². The Hall–Kier alpha value is -3.11. The second kappa shape index (κ2) is 10.4. The zero-order chi connectivity index (χ0) is 24.1. The van der Waals surface area contributed by atoms with Crippen LogP contribution in [0.3, 0.4) is 0 Å². The van der Waals surface area contributed by atoms with Crippen LogP contribution >= 0.6 is 0 Å². The molecule has 4 rings (SSSR count). The van der Waals surface area contributed by atoms with Gasteiger partial charge in [-0.2, -0.15) is 4.31 Å². The van der Waals surface area contributed by atoms with E-state index in [0.29, 0.717) is 38.4 Å². The first kappa shape index (κ1) is 24.0. The summed E-state index contributed by atoms with van der Waals surface area (Å²) in [7, 11) is -3.66. The van der Waals surface area contributed by atoms with Crippen molar-refractivity contribution in [3.63, 3.8) is 0 Å². The van der Waals surface area contributed by atoms with Gasteiger partial charge < -0.3 is 14.8 Å². The largest absolute Gasteiger partial charge is 0.494 e. The number of ether oxygens (including phenoxy) is 2. The maximum atomic E-state index is 13.0. The third-order valence-corrected chi connectivity index (χ3v) is 7.74. The summed E-state index contributed by atoms with van der Waals surface area (Å²) in [6, 6.07) is 12.1. The Labute approximate surface area is 199 Å². The van der Waals surface area contributed by atoms with Gasteiger partial charge in [0.25, 0.3) is 5.91 Å². The molecule has 0 radical (unpaired) electrons. The van der Waals surface area contributed by atoms with Gasteiger partial charge in [-0.25, -0.2) is 8.42 Å². The molecule has 0 aromatic heterocycles. The molecule has 10 heteroatoms. The number of anilines is 1. The van der Waals surface area contributed by atoms with Crippen molar-refractivity contribution in [2.75, 3.05) is 44.3 Å². The van der Waals surface area contributed by atoms with E-state index in [-0.39, 0.29) is 29.6 Å². The molecule has 0 aliphatic carbocycles. The Balaban J connectivity index is 1.41. The second-order valence-corrected chi connectivity index (χ2v) is 10.1. The fourth-order valence-corrected chi connectivity index (χ4v) is 5.60. The SMILES string of the molecule is CCOc1ccc(CCNC(=O)CN2C(=O)COc3ccc(S(=O)(=O)N4CCCC4)cc32)cc1. The summed E-state index contributed by atoms with van der Waals surface area (Å²) in [5.74, 6) is 0.442. The van der Waals surface area contributed by atoms with Crippen LogP contribution in [0.25, 0.3) is 0 Å². The Kier molecular flexibility index (Phi) is 7.38. The molecule has 2 aliphatic rings. The van der Waals surface area contributed by atoms with Crippen LogP contribution in [0.2, 0.25) is 0 Å². The first-order chi connectivity index (χ1) is 16.4. The van der Waals surface area contributed by atoms with Crippen LogP contribution in [0.1, 0.15) is 25.3 Å². The van der Waals surface area contributed by atoms with Gasteiger partial charge in [0.15, 0.2) is 6.61 Å². The Bertz CT molecular complexity index is 1140. The molecule has 0 atom stereocenters. The molecule has 2 aromatic carbocycles. The van der Waals surface area contributed by atoms with Gasteiger partial charge in [0, 0.05) is 19.6 Å². The van der Waals surface area contributed by atoms with Crippen molar-refractivity contribution < 1.29 is 27.5 Å². The van der Waals surface area contributed by atoms with E-state index in [1.165, 1.54) is 21.3 Å². The van der Waals surface area contributed by atoms with E-state index < -0.39 is 15.9 Å². The second-order valence-electron chi connectivity index (χ2n) is 8.19. The summed E-state index contributed by atoms with van der Waals surface area (Å²) in [5, 5.41) is 2.83. The van der Waals surface area contributed by atoms with Crippen LogP contribution in [-0.4, -0.2) is 63.9 Å². The molecule has 9 nitrogen and oxygen atoms in total. The molecule has 0 bridgehead atoms. The standard InChI is InChI=1S/C24H29N3O6S/c1-2-32-19-7-5-18(6-8-19)11-12-25-23(28)16-27-21-15-20(9-10-22(21)33-17-24(27)29)34(30,31)26-13-3-4-14-26/h5-10,15H,2-4,11-14,16-17H2,1H3,(H,25,28). The molecular weight excluding hydrogens is 458 g/mol. The molecule has 1 N–H and O–H groups in total. The van der Waals surface area contributed by atoms with Crippen LogP contribution < -0.4 is 19.7 Å². The summed E-state index contributed by atoms with van der Waals surface area (Å²) >= 11 is 0. The van der Waals surface area contributed by atoms with Crippen molar-refractivity contribution in [3.8, 4) is 11.5 Å². The van der Waals surface area contributed by atoms with Crippen molar-refractivity contribution in [2.24, 2.45) is 0 Å². The number of rotatable bonds is 9. The molecule has 0 saturated carbocycles. The van der Waals surface area contributed by atoms with Gasteiger partial charge in [-0.15, -0.1) is 0 Å². The highest BCUT2D eigenvalue weighted by Gasteiger charge is 2.32. The van der Waals surface area contributed by atoms with Crippen LogP contribution in [0, 0.1) is 0 Å². The molecule has 2 amide bonds. The van der Waals surface area contributed by atoms with Gasteiger partial charge in [-0.05, 0) is 62.1 Å². The van der Waals surface area contributed by atoms with Crippen molar-refractivity contribution >= 4 is 27.5 Å². The lowest BCUT2D eigenvalue weighted by molar-refractivity contribution is -0.125. The van der Waals surface area contributed by atoms with Crippen LogP contribution in [-0.2, 0) is 26.0 Å². The minimum Gasteiger partial charge on any atom is -0.494 e. The molecule has 182 valence electrons. The minimum absolute atomic E-state index is 0.0901. The summed E-state index contributed by atoms with van der Waals surface area (Å²) in [6.45, 7) is 3.47. The topological polar surface area (TPSA) is 105 Å². The highest BCUT2D eigenvalue weighted by atomic mass is 32.2. The number of hydrogen-bond donors (Lipinski definition) is 1. The number of fused-ring (bicyclic) bond motifs is 1. The zero-order valence-corrected chi connectivity index (χ0v) is 20.0. The minimum atomic E-state index is -3.66. The molecule has 2 aliphatic heterocycles. The summed E-state index contributed by atoms with van der Waals surface area (Å²) in [4.78, 5) is 26.5. The maximum absolute atomic E-state index is 13.0. The number of hydrogen-bond acceptors (Lipinski definition) is 6. The monoisotopic (exact) mass is 487 g/mol. The van der Waals surface area contributed by atoms with E-state index in [1.807, 2.05) is 31.2 Å². The van der Waals surface area contributed by atoms with Gasteiger partial charge in [-0.3, -0.25) is 14.5 Å². The zero-order valence-electron chi connectivity index (χ0n) is 19.2. The Morgan fingerprint density at radius 2 is 1.85 bits per heavy atom. The van der Waals surface area contributed by atoms with Gasteiger partial charge in [-0.1, -0.05) is 12.1 Å². The number of nitrogens with zero attached hydrogens (tertiary/aromatic N) is 2. The van der Waals surface area contributed by atoms with E-state index in [2.05, 4.69) is 5.32 Å². The average Bonchev–Trinajstić information content (AvgIpc) is 3.38. The predicted molar refractivity (Wildman–Crippen MR) is 127 cm³/mol. The third-order valence-electron chi connectivity index (χ3n) is 5.85. The molecule has 2 aromatic rings. The normalized spacial score (nSPS) is 16.1. The van der Waals surface area contributed by atoms with Crippen molar-refractivity contribution in [3.05, 3.63) is 48.0 Å². The summed E-state index contributed by atoms with van der Waals surface area (Å²) in [6.07, 6.45) is 2.29. The van der Waals surface area contributed by atoms with Gasteiger partial charge in [0.1, 0.15) is 18.0 Å². The molecule has 34 heavy (non-hydrogen) atoms. The van der Waals surface area contributed by atoms with Gasteiger partial charge in [0.2, 0.25) is 15.9 Å². The number of amides is 2. The summed E-state index contributed by atoms with van der Waals surface area (Å²) < 4.78 is 38.3. The first-order valence-electron chi connectivity index (χ1n) is 11.4. The fraction of sp³-hybridized carbons (Fsp3) is 0.417. The van der Waals surface area contributed by atoms with E-state index >= 15 is 0 Å². The van der Waals surface area contributed by atoms with Crippen molar-refractivity contribution in [1.29, 1.82) is 0 Å². The van der Waals surface area contributed by atoms with Gasteiger partial charge in [0.05, 0.1) is 17.2 Å². The lowest BCUT2D eigenvalue weighted by Crippen LogP contribution is -2.45. The molecule has 2 heterocycles. The van der Waals surface area contributed by atoms with E-state index in [9.17, 15) is 18.0 Å². The van der Waals surface area contributed by atoms with Crippen molar-refractivity contribution in [1.82, 2.24) is 9.62 Å². The summed E-state index contributed by atoms with van der Waals surface area (Å²) in [5.41, 5.74) is 1.34. The Morgan fingerprint density at radius 1 is 1.12 bits per heavy atom. The fourth-order valence-electron chi connectivity index (χ4n) is 4.06. The number of carbonyl (C=O) groups excluding carboxylic acids is 2. The molecule has 1 fully saturated rings. The van der Waals surface area contributed by atoms with Crippen molar-refractivity contribution in [2.45, 2.75) is 31.1 Å².